The van der Waals surface area contributed by atoms with Gasteiger partial charge in [0.05, 0.1) is 6.54 Å². The van der Waals surface area contributed by atoms with E-state index < -0.39 is 10.6 Å². The van der Waals surface area contributed by atoms with Gasteiger partial charge in [0.1, 0.15) is 5.70 Å². The topological polar surface area (TPSA) is 71.5 Å². The van der Waals surface area contributed by atoms with Gasteiger partial charge in [-0.05, 0) is 6.42 Å². The smallest absolute Gasteiger partial charge is 0.308 e. The highest BCUT2D eigenvalue weighted by Gasteiger charge is 2.52. The number of rotatable bonds is 7. The molecule has 0 aromatic carbocycles. The summed E-state index contributed by atoms with van der Waals surface area (Å²) < 4.78 is -0.411. The number of nitrogens with zero attached hydrogens (tertiary/aromatic N) is 2. The van der Waals surface area contributed by atoms with Crippen LogP contribution in [0.3, 0.4) is 0 Å². The third-order valence-electron chi connectivity index (χ3n) is 3.37. The maximum Gasteiger partial charge on any atom is 0.308 e. The van der Waals surface area contributed by atoms with E-state index in [2.05, 4.69) is 0 Å². The predicted molar refractivity (Wildman–Crippen MR) is 62.9 cm³/mol. The molecule has 0 bridgehead atoms. The normalized spacial score (nSPS) is 27.2. The molecule has 0 spiro atoms. The van der Waals surface area contributed by atoms with Crippen LogP contribution < -0.4 is 0 Å². The molecule has 2 atom stereocenters. The van der Waals surface area contributed by atoms with Gasteiger partial charge >= 0.3 is 6.41 Å². The molecule has 1 rings (SSSR count). The largest absolute Gasteiger partial charge is 0.311 e. The van der Waals surface area contributed by atoms with E-state index in [9.17, 15) is 19.2 Å². The maximum absolute atomic E-state index is 11.5. The van der Waals surface area contributed by atoms with Crippen molar-refractivity contribution >= 4 is 25.3 Å². The number of hydrogen-bond acceptors (Lipinski definition) is 5. The Balaban J connectivity index is 3.36. The number of likely N-dealkylation sites (N-methyl/N-ethyl adjacent to an activating group) is 1. The van der Waals surface area contributed by atoms with Gasteiger partial charge in [-0.25, -0.2) is 9.28 Å². The molecule has 0 saturated carbocycles. The number of unbranched alkanes of at least 4 members (excludes halogenated alkanes) is 1. The minimum absolute atomic E-state index is 0.0630. The van der Waals surface area contributed by atoms with E-state index in [-0.39, 0.29) is 11.4 Å². The van der Waals surface area contributed by atoms with E-state index in [0.717, 1.165) is 6.42 Å². The lowest BCUT2D eigenvalue weighted by atomic mass is 10.2. The molecule has 1 heterocycles. The van der Waals surface area contributed by atoms with Crippen molar-refractivity contribution < 1.29 is 23.7 Å². The molecule has 0 radical (unpaired) electrons. The zero-order valence-corrected chi connectivity index (χ0v) is 10.5. The average Bonchev–Trinajstić information content (AvgIpc) is 2.63. The van der Waals surface area contributed by atoms with Crippen LogP contribution in [0, 0.1) is 0 Å². The van der Waals surface area contributed by atoms with Crippen molar-refractivity contribution in [3.63, 3.8) is 0 Å². The molecular formula is C12H17N2O4+. The van der Waals surface area contributed by atoms with Crippen molar-refractivity contribution in [2.45, 2.75) is 25.9 Å². The number of carbonyl (C=O) groups excluding carboxylic acids is 4. The van der Waals surface area contributed by atoms with E-state index in [4.69, 9.17) is 0 Å². The molecule has 0 fully saturated rings. The van der Waals surface area contributed by atoms with Gasteiger partial charge in [0.15, 0.2) is 12.6 Å². The Labute approximate surface area is 105 Å². The number of quaternary nitrogens is 1. The van der Waals surface area contributed by atoms with Crippen molar-refractivity contribution in [1.29, 1.82) is 0 Å². The Morgan fingerprint density at radius 2 is 1.89 bits per heavy atom. The fraction of sp³-hybridized carbons (Fsp3) is 0.500. The number of hydrogen-bond donors (Lipinski definition) is 0. The minimum Gasteiger partial charge on any atom is -0.311 e. The summed E-state index contributed by atoms with van der Waals surface area (Å²) in [5.74, 6) is 0. The number of amides is 1. The van der Waals surface area contributed by atoms with Crippen LogP contribution in [0.4, 0.5) is 0 Å². The molecule has 0 saturated heterocycles. The Bertz CT molecular complexity index is 405. The van der Waals surface area contributed by atoms with Gasteiger partial charge in [-0.3, -0.25) is 14.4 Å². The quantitative estimate of drug-likeness (QED) is 0.465. The highest BCUT2D eigenvalue weighted by Crippen LogP contribution is 2.32. The Kier molecular flexibility index (Phi) is 4.49. The summed E-state index contributed by atoms with van der Waals surface area (Å²) >= 11 is 0. The number of aldehydes is 3. The summed E-state index contributed by atoms with van der Waals surface area (Å²) in [7, 11) is 1.53. The molecule has 2 unspecified atom stereocenters. The maximum atomic E-state index is 11.5. The van der Waals surface area contributed by atoms with E-state index in [1.165, 1.54) is 11.9 Å². The standard InChI is InChI=1S/C12H17N2O4/c1-3-4-5-14(9-18)11(7-16)10(6-15)13(2)12(14)8-17/h6-9,12H,3-5H2,1-2H3/q+1. The lowest BCUT2D eigenvalue weighted by Crippen LogP contribution is -2.56. The van der Waals surface area contributed by atoms with E-state index in [1.54, 1.807) is 0 Å². The van der Waals surface area contributed by atoms with Gasteiger partial charge in [0.2, 0.25) is 18.1 Å². The molecule has 1 aliphatic heterocycles. The lowest BCUT2D eigenvalue weighted by Gasteiger charge is -2.32. The monoisotopic (exact) mass is 253 g/mol. The highest BCUT2D eigenvalue weighted by molar-refractivity contribution is 5.88. The molecule has 98 valence electrons. The molecule has 0 aromatic rings. The zero-order chi connectivity index (χ0) is 13.8. The first kappa shape index (κ1) is 14.2. The molecule has 1 amide bonds. The molecule has 6 heteroatoms. The highest BCUT2D eigenvalue weighted by atomic mass is 16.2. The number of carbonyl (C=O) groups is 4. The third kappa shape index (κ3) is 1.88. The van der Waals surface area contributed by atoms with Crippen LogP contribution in [0.5, 0.6) is 0 Å². The second-order valence-corrected chi connectivity index (χ2v) is 4.28. The first-order valence-electron chi connectivity index (χ1n) is 5.80. The van der Waals surface area contributed by atoms with Crippen molar-refractivity contribution in [2.75, 3.05) is 13.6 Å². The van der Waals surface area contributed by atoms with E-state index in [0.29, 0.717) is 38.2 Å². The summed E-state index contributed by atoms with van der Waals surface area (Å²) in [4.78, 5) is 46.3. The van der Waals surface area contributed by atoms with Crippen molar-refractivity contribution in [3.8, 4) is 0 Å². The molecular weight excluding hydrogens is 236 g/mol. The van der Waals surface area contributed by atoms with Crippen LogP contribution in [0.1, 0.15) is 19.8 Å². The van der Waals surface area contributed by atoms with E-state index in [1.807, 2.05) is 6.92 Å². The van der Waals surface area contributed by atoms with Gasteiger partial charge in [-0.1, -0.05) is 13.3 Å². The SMILES string of the molecule is CCCC[N+]1(C=O)C(C=O)=C(C=O)N(C)C1C=O. The van der Waals surface area contributed by atoms with Crippen LogP contribution in [0.2, 0.25) is 0 Å². The first-order chi connectivity index (χ1) is 8.62. The van der Waals surface area contributed by atoms with Crippen molar-refractivity contribution in [1.82, 2.24) is 4.90 Å². The van der Waals surface area contributed by atoms with Crippen LogP contribution >= 0.6 is 0 Å². The van der Waals surface area contributed by atoms with Gasteiger partial charge in [0.25, 0.3) is 0 Å². The van der Waals surface area contributed by atoms with Crippen LogP contribution in [0.25, 0.3) is 0 Å². The average molecular weight is 253 g/mol. The summed E-state index contributed by atoms with van der Waals surface area (Å²) in [6, 6.07) is 0. The zero-order valence-electron chi connectivity index (χ0n) is 10.5. The van der Waals surface area contributed by atoms with Crippen LogP contribution in [-0.2, 0) is 19.2 Å². The molecule has 0 aliphatic carbocycles. The van der Waals surface area contributed by atoms with Gasteiger partial charge in [-0.2, -0.15) is 0 Å². The Morgan fingerprint density at radius 3 is 2.28 bits per heavy atom. The second kappa shape index (κ2) is 5.68. The van der Waals surface area contributed by atoms with Gasteiger partial charge in [-0.15, -0.1) is 0 Å². The Hall–Kier alpha value is -1.82. The molecule has 6 nitrogen and oxygen atoms in total. The fourth-order valence-corrected chi connectivity index (χ4v) is 2.33. The summed E-state index contributed by atoms with van der Waals surface area (Å²) in [5.41, 5.74) is 0.165. The molecule has 0 aromatic heterocycles. The van der Waals surface area contributed by atoms with E-state index >= 15 is 0 Å². The molecule has 1 aliphatic rings. The van der Waals surface area contributed by atoms with Crippen molar-refractivity contribution in [2.24, 2.45) is 0 Å². The second-order valence-electron chi connectivity index (χ2n) is 4.28. The summed E-state index contributed by atoms with van der Waals surface area (Å²) in [6.07, 6.45) is 2.85. The fourth-order valence-electron chi connectivity index (χ4n) is 2.33. The number of allylic oxidation sites excluding steroid dienone is 2. The van der Waals surface area contributed by atoms with Gasteiger partial charge < -0.3 is 4.90 Å². The first-order valence-corrected chi connectivity index (χ1v) is 5.80. The van der Waals surface area contributed by atoms with Crippen LogP contribution in [-0.4, -0.2) is 54.4 Å². The predicted octanol–water partition coefficient (Wildman–Crippen LogP) is -0.161. The van der Waals surface area contributed by atoms with Gasteiger partial charge in [0, 0.05) is 7.05 Å². The Morgan fingerprint density at radius 1 is 1.22 bits per heavy atom. The molecule has 0 N–H and O–H groups in total. The summed E-state index contributed by atoms with van der Waals surface area (Å²) in [6.45, 7) is 2.28. The van der Waals surface area contributed by atoms with Crippen LogP contribution in [0.15, 0.2) is 11.4 Å². The molecule has 18 heavy (non-hydrogen) atoms. The minimum atomic E-state index is -0.838. The lowest BCUT2D eigenvalue weighted by molar-refractivity contribution is -0.821. The van der Waals surface area contributed by atoms with Crippen molar-refractivity contribution in [3.05, 3.63) is 11.4 Å². The summed E-state index contributed by atoms with van der Waals surface area (Å²) in [5, 5.41) is 0. The third-order valence-corrected chi connectivity index (χ3v) is 3.37.